The van der Waals surface area contributed by atoms with Gasteiger partial charge in [0.05, 0.1) is 37.4 Å². The van der Waals surface area contributed by atoms with Gasteiger partial charge in [-0.15, -0.1) is 0 Å². The summed E-state index contributed by atoms with van der Waals surface area (Å²) in [5.41, 5.74) is 2.05. The third-order valence-corrected chi connectivity index (χ3v) is 15.0. The summed E-state index contributed by atoms with van der Waals surface area (Å²) >= 11 is 6.40. The number of nitrogens with zero attached hydrogens (tertiary/aromatic N) is 2. The number of rotatable bonds is 8. The van der Waals surface area contributed by atoms with Gasteiger partial charge >= 0.3 is 0 Å². The lowest BCUT2D eigenvalue weighted by atomic mass is 9.64. The molecule has 2 aromatic rings. The van der Waals surface area contributed by atoms with Gasteiger partial charge in [-0.1, -0.05) is 30.7 Å². The van der Waals surface area contributed by atoms with Crippen molar-refractivity contribution in [3.63, 3.8) is 0 Å². The number of benzene rings is 2. The predicted molar refractivity (Wildman–Crippen MR) is 223 cm³/mol. The fraction of sp³-hybridized carbons (Fsp3) is 0.628. The molecule has 1 saturated carbocycles. The molecule has 2 aliphatic carbocycles. The maximum atomic E-state index is 13.4. The molecule has 2 bridgehead atoms. The minimum absolute atomic E-state index is 0.0434. The van der Waals surface area contributed by atoms with E-state index in [2.05, 4.69) is 32.0 Å². The van der Waals surface area contributed by atoms with Crippen molar-refractivity contribution < 1.29 is 37.0 Å². The molecule has 1 saturated heterocycles. The molecule has 2 fully saturated rings. The van der Waals surface area contributed by atoms with Gasteiger partial charge in [-0.25, -0.2) is 13.1 Å². The Labute approximate surface area is 344 Å². The van der Waals surface area contributed by atoms with Crippen molar-refractivity contribution >= 4 is 39.5 Å². The molecule has 14 heteroatoms. The Balaban J connectivity index is 0.000000360. The minimum Gasteiger partial charge on any atom is -0.490 e. The van der Waals surface area contributed by atoms with E-state index in [0.29, 0.717) is 50.1 Å². The fourth-order valence-electron chi connectivity index (χ4n) is 9.06. The van der Waals surface area contributed by atoms with E-state index in [0.717, 1.165) is 83.4 Å². The van der Waals surface area contributed by atoms with E-state index in [-0.39, 0.29) is 28.7 Å². The topological polar surface area (TPSA) is 136 Å². The Bertz CT molecular complexity index is 1840. The standard InChI is InChI=1S/C34H41ClN2O6S.C9H20N2O2/c1-22-6-4-15-34(20-38,42-3)29-11-8-26(29)18-37-19-33(14-5-7-24-16-27(35)10-12-28(24)33)21-43-31-13-9-25(17-30(31)37)32(39)36-44(40,41)23(22)2;1-12-8-9-13-7-6-11-4-2-10-3-5-11/h4,9-10,12-13,15-17,20,22-23,26,29H,5-8,11,14,18-19,21H2,1-3H3,(H,36,39);10H,2-9H2,1H3/b15-4+;/t22-,23+,26-,29+,33-,34+;/m0./s1. The Hall–Kier alpha value is -3.04. The van der Waals surface area contributed by atoms with Gasteiger partial charge in [-0.3, -0.25) is 14.5 Å². The average Bonchev–Trinajstić information content (AvgIpc) is 3.35. The average molecular weight is 830 g/mol. The van der Waals surface area contributed by atoms with Crippen LogP contribution in [0.25, 0.3) is 0 Å². The number of anilines is 1. The van der Waals surface area contributed by atoms with E-state index >= 15 is 0 Å². The van der Waals surface area contributed by atoms with E-state index in [4.69, 9.17) is 30.5 Å². The van der Waals surface area contributed by atoms with Crippen LogP contribution in [0.2, 0.25) is 5.02 Å². The number of aryl methyl sites for hydroxylation is 1. The molecule has 3 heterocycles. The number of sulfonamides is 1. The molecule has 2 N–H and O–H groups in total. The molecule has 0 aromatic heterocycles. The number of allylic oxidation sites excluding steroid dienone is 1. The van der Waals surface area contributed by atoms with Crippen LogP contribution in [0.15, 0.2) is 48.6 Å². The number of ether oxygens (including phenoxy) is 4. The number of methoxy groups -OCH3 is 2. The van der Waals surface area contributed by atoms with E-state index in [1.165, 1.54) is 11.1 Å². The highest BCUT2D eigenvalue weighted by atomic mass is 35.5. The smallest absolute Gasteiger partial charge is 0.264 e. The number of aldehydes is 1. The molecule has 7 rings (SSSR count). The van der Waals surface area contributed by atoms with Crippen LogP contribution in [-0.2, 0) is 40.9 Å². The summed E-state index contributed by atoms with van der Waals surface area (Å²) < 4.78 is 51.6. The van der Waals surface area contributed by atoms with Crippen LogP contribution in [-0.4, -0.2) is 123 Å². The van der Waals surface area contributed by atoms with Crippen LogP contribution in [0.5, 0.6) is 5.75 Å². The molecule has 2 aromatic carbocycles. The zero-order valence-corrected chi connectivity index (χ0v) is 35.5. The first kappa shape index (κ1) is 43.5. The number of piperazine rings is 1. The highest BCUT2D eigenvalue weighted by Gasteiger charge is 2.49. The summed E-state index contributed by atoms with van der Waals surface area (Å²) in [5, 5.41) is 3.20. The number of nitrogens with one attached hydrogen (secondary N) is 2. The lowest BCUT2D eigenvalue weighted by Crippen LogP contribution is -2.53. The van der Waals surface area contributed by atoms with Gasteiger partial charge in [0.25, 0.3) is 5.91 Å². The molecule has 1 spiro atoms. The zero-order valence-electron chi connectivity index (χ0n) is 34.0. The quantitative estimate of drug-likeness (QED) is 0.211. The van der Waals surface area contributed by atoms with Crippen molar-refractivity contribution in [2.75, 3.05) is 91.4 Å². The maximum Gasteiger partial charge on any atom is 0.264 e. The molecule has 3 aliphatic heterocycles. The van der Waals surface area contributed by atoms with Crippen molar-refractivity contribution in [2.24, 2.45) is 17.8 Å². The summed E-state index contributed by atoms with van der Waals surface area (Å²) in [6.45, 7) is 13.0. The van der Waals surface area contributed by atoms with Crippen molar-refractivity contribution in [3.05, 3.63) is 70.3 Å². The number of fused-ring (bicyclic) bond motifs is 4. The Morgan fingerprint density at radius 1 is 1.05 bits per heavy atom. The fourth-order valence-corrected chi connectivity index (χ4v) is 10.5. The van der Waals surface area contributed by atoms with Gasteiger partial charge < -0.3 is 29.2 Å². The van der Waals surface area contributed by atoms with E-state index in [9.17, 15) is 18.0 Å². The summed E-state index contributed by atoms with van der Waals surface area (Å²) in [4.78, 5) is 30.8. The van der Waals surface area contributed by atoms with Gasteiger partial charge in [-0.05, 0) is 105 Å². The lowest BCUT2D eigenvalue weighted by molar-refractivity contribution is -0.135. The lowest BCUT2D eigenvalue weighted by Gasteiger charge is -2.48. The molecule has 1 amide bonds. The van der Waals surface area contributed by atoms with Crippen molar-refractivity contribution in [3.8, 4) is 5.75 Å². The summed E-state index contributed by atoms with van der Waals surface area (Å²) in [5.74, 6) is -0.203. The summed E-state index contributed by atoms with van der Waals surface area (Å²) in [7, 11) is -0.712. The molecule has 57 heavy (non-hydrogen) atoms. The predicted octanol–water partition coefficient (Wildman–Crippen LogP) is 5.02. The highest BCUT2D eigenvalue weighted by molar-refractivity contribution is 7.90. The first-order chi connectivity index (χ1) is 27.4. The second-order valence-corrected chi connectivity index (χ2v) is 18.9. The van der Waals surface area contributed by atoms with Crippen LogP contribution >= 0.6 is 11.6 Å². The molecular weight excluding hydrogens is 768 g/mol. The van der Waals surface area contributed by atoms with Gasteiger partial charge in [0, 0.05) is 82.0 Å². The third kappa shape index (κ3) is 10.1. The van der Waals surface area contributed by atoms with Crippen molar-refractivity contribution in [1.29, 1.82) is 0 Å². The van der Waals surface area contributed by atoms with Gasteiger partial charge in [0.2, 0.25) is 10.0 Å². The van der Waals surface area contributed by atoms with Crippen LogP contribution < -0.4 is 19.7 Å². The number of halogens is 1. The van der Waals surface area contributed by atoms with E-state index < -0.39 is 26.8 Å². The summed E-state index contributed by atoms with van der Waals surface area (Å²) in [6, 6.07) is 11.3. The van der Waals surface area contributed by atoms with Gasteiger partial charge in [0.1, 0.15) is 11.4 Å². The third-order valence-electron chi connectivity index (χ3n) is 12.9. The minimum atomic E-state index is -3.97. The first-order valence-corrected chi connectivity index (χ1v) is 22.4. The molecule has 6 atom stereocenters. The van der Waals surface area contributed by atoms with Crippen LogP contribution in [0, 0.1) is 17.8 Å². The molecule has 5 aliphatic rings. The Morgan fingerprint density at radius 3 is 2.58 bits per heavy atom. The number of amides is 1. The zero-order chi connectivity index (χ0) is 40.6. The Morgan fingerprint density at radius 2 is 1.86 bits per heavy atom. The van der Waals surface area contributed by atoms with Gasteiger partial charge in [-0.2, -0.15) is 0 Å². The second-order valence-electron chi connectivity index (χ2n) is 16.4. The Kier molecular flexibility index (Phi) is 14.8. The summed E-state index contributed by atoms with van der Waals surface area (Å²) in [6.07, 6.45) is 9.65. The largest absolute Gasteiger partial charge is 0.490 e. The molecule has 12 nitrogen and oxygen atoms in total. The molecule has 0 unspecified atom stereocenters. The van der Waals surface area contributed by atoms with E-state index in [1.54, 1.807) is 39.3 Å². The van der Waals surface area contributed by atoms with Crippen LogP contribution in [0.1, 0.15) is 67.4 Å². The van der Waals surface area contributed by atoms with Gasteiger partial charge in [0.15, 0.2) is 6.29 Å². The van der Waals surface area contributed by atoms with Crippen LogP contribution in [0.3, 0.4) is 0 Å². The van der Waals surface area contributed by atoms with Crippen molar-refractivity contribution in [2.45, 2.75) is 68.6 Å². The highest BCUT2D eigenvalue weighted by Crippen LogP contribution is 2.48. The van der Waals surface area contributed by atoms with E-state index in [1.807, 2.05) is 25.1 Å². The second kappa shape index (κ2) is 19.4. The first-order valence-electron chi connectivity index (χ1n) is 20.5. The normalized spacial score (nSPS) is 30.5. The number of hydrogen-bond donors (Lipinski definition) is 2. The monoisotopic (exact) mass is 828 g/mol. The maximum absolute atomic E-state index is 13.4. The number of hydrogen-bond acceptors (Lipinski definition) is 11. The van der Waals surface area contributed by atoms with Crippen LogP contribution in [0.4, 0.5) is 5.69 Å². The molecule has 314 valence electrons. The van der Waals surface area contributed by atoms with Crippen molar-refractivity contribution in [1.82, 2.24) is 14.9 Å². The molecular formula is C43H61ClN4O8S. The number of carbonyl (C=O) groups is 2. The molecule has 0 radical (unpaired) electrons. The SMILES string of the molecule is COCCOCCN1CCNCC1.CO[C@@]1(C=O)/C=C/C[C@H](C)[C@@H](C)S(=O)(=O)NC(=O)c2ccc3c(c2)N(C[C@@H]2CC[C@H]21)C[C@@]1(CCCc2cc(Cl)ccc21)CO3. The number of carbonyl (C=O) groups excluding carboxylic acids is 2.